The Kier molecular flexibility index (Phi) is 5.47. The molecule has 4 rings (SSSR count). The molecule has 0 N–H and O–H groups in total. The molecule has 0 aliphatic rings. The maximum absolute atomic E-state index is 13.5. The molecule has 0 aromatic carbocycles. The highest BCUT2D eigenvalue weighted by atomic mass is 32.2. The second-order valence-electron chi connectivity index (χ2n) is 5.11. The van der Waals surface area contributed by atoms with E-state index in [1.807, 2.05) is 13.8 Å². The Balaban J connectivity index is 0.00000102. The van der Waals surface area contributed by atoms with Crippen LogP contribution in [-0.2, 0) is 0 Å². The first kappa shape index (κ1) is 18.5. The number of imidazole rings is 1. The third kappa shape index (κ3) is 3.52. The van der Waals surface area contributed by atoms with E-state index in [9.17, 15) is 8.28 Å². The summed E-state index contributed by atoms with van der Waals surface area (Å²) in [6.07, 6.45) is 4.65. The molecule has 0 atom stereocenters. The van der Waals surface area contributed by atoms with Gasteiger partial charge < -0.3 is 0 Å². The van der Waals surface area contributed by atoms with Gasteiger partial charge in [0.05, 0.1) is 11.9 Å². The molecule has 0 amide bonds. The standard InChI is InChI=1S/C16H8F2N6S.C2H6/c17-14-3-1-2-13(21-14)16-12(9-24(22-16)25-18)10-4-5-15-20-7-11(6-19)23(15)8-10;1-2/h1-5,7-9H;1-2H3. The van der Waals surface area contributed by atoms with Crippen molar-refractivity contribution in [3.8, 4) is 28.6 Å². The minimum Gasteiger partial charge on any atom is -0.291 e. The molecule has 0 aliphatic carbocycles. The van der Waals surface area contributed by atoms with E-state index >= 15 is 0 Å². The van der Waals surface area contributed by atoms with Gasteiger partial charge in [0.25, 0.3) is 0 Å². The molecule has 0 aliphatic heterocycles. The summed E-state index contributed by atoms with van der Waals surface area (Å²) < 4.78 is 29.1. The van der Waals surface area contributed by atoms with Crippen LogP contribution in [0, 0.1) is 17.3 Å². The largest absolute Gasteiger partial charge is 0.291 e. The van der Waals surface area contributed by atoms with Crippen molar-refractivity contribution in [1.29, 1.82) is 5.26 Å². The van der Waals surface area contributed by atoms with E-state index in [2.05, 4.69) is 21.1 Å². The fraction of sp³-hybridized carbons (Fsp3) is 0.111. The lowest BCUT2D eigenvalue weighted by Gasteiger charge is -2.04. The Morgan fingerprint density at radius 1 is 1.15 bits per heavy atom. The molecule has 0 saturated carbocycles. The number of pyridine rings is 2. The number of aromatic nitrogens is 5. The van der Waals surface area contributed by atoms with Gasteiger partial charge in [0.15, 0.2) is 12.3 Å². The predicted molar refractivity (Wildman–Crippen MR) is 99.8 cm³/mol. The number of nitrogens with zero attached hydrogens (tertiary/aromatic N) is 6. The van der Waals surface area contributed by atoms with Gasteiger partial charge in [-0.25, -0.2) is 9.97 Å². The molecule has 0 bridgehead atoms. The van der Waals surface area contributed by atoms with Gasteiger partial charge >= 0.3 is 0 Å². The summed E-state index contributed by atoms with van der Waals surface area (Å²) in [5, 5.41) is 13.3. The minimum absolute atomic E-state index is 0.0772. The van der Waals surface area contributed by atoms with Crippen molar-refractivity contribution in [3.05, 3.63) is 60.6 Å². The number of halogens is 2. The van der Waals surface area contributed by atoms with Gasteiger partial charge in [0.2, 0.25) is 5.95 Å². The molecular weight excluding hydrogens is 370 g/mol. The Morgan fingerprint density at radius 3 is 2.67 bits per heavy atom. The maximum Gasteiger partial charge on any atom is 0.213 e. The molecule has 0 spiro atoms. The van der Waals surface area contributed by atoms with E-state index in [0.717, 1.165) is 4.09 Å². The van der Waals surface area contributed by atoms with Crippen molar-refractivity contribution in [2.45, 2.75) is 13.8 Å². The van der Waals surface area contributed by atoms with Crippen LogP contribution in [0.1, 0.15) is 19.5 Å². The van der Waals surface area contributed by atoms with Crippen molar-refractivity contribution in [2.75, 3.05) is 0 Å². The van der Waals surface area contributed by atoms with Crippen LogP contribution in [0.5, 0.6) is 0 Å². The molecule has 4 heterocycles. The first-order chi connectivity index (χ1) is 13.2. The van der Waals surface area contributed by atoms with E-state index in [1.54, 1.807) is 28.8 Å². The summed E-state index contributed by atoms with van der Waals surface area (Å²) in [6, 6.07) is 9.89. The first-order valence-corrected chi connectivity index (χ1v) is 8.76. The van der Waals surface area contributed by atoms with E-state index in [-0.39, 0.29) is 18.0 Å². The SMILES string of the molecule is CC.N#Cc1cnc2ccc(-c3cn(SF)nc3-c3cccc(F)n3)cn12. The van der Waals surface area contributed by atoms with Gasteiger partial charge in [0, 0.05) is 23.5 Å². The van der Waals surface area contributed by atoms with Crippen LogP contribution >= 0.6 is 12.3 Å². The summed E-state index contributed by atoms with van der Waals surface area (Å²) in [7, 11) is 0. The van der Waals surface area contributed by atoms with Gasteiger partial charge in [-0.05, 0) is 24.3 Å². The average molecular weight is 384 g/mol. The summed E-state index contributed by atoms with van der Waals surface area (Å²) in [5.41, 5.74) is 2.83. The Bertz CT molecular complexity index is 1130. The van der Waals surface area contributed by atoms with E-state index in [1.165, 1.54) is 24.5 Å². The lowest BCUT2D eigenvalue weighted by atomic mass is 10.1. The number of rotatable bonds is 3. The summed E-state index contributed by atoms with van der Waals surface area (Å²) in [5.74, 6) is -0.650. The third-order valence-corrected chi connectivity index (χ3v) is 3.98. The molecule has 27 heavy (non-hydrogen) atoms. The van der Waals surface area contributed by atoms with Crippen molar-refractivity contribution in [1.82, 2.24) is 23.6 Å². The average Bonchev–Trinajstić information content (AvgIpc) is 3.33. The second kappa shape index (κ2) is 7.97. The molecule has 0 saturated heterocycles. The monoisotopic (exact) mass is 384 g/mol. The molecule has 9 heteroatoms. The molecular formula is C18H14F2N6S. The van der Waals surface area contributed by atoms with Crippen LogP contribution < -0.4 is 0 Å². The first-order valence-electron chi connectivity index (χ1n) is 8.09. The van der Waals surface area contributed by atoms with Gasteiger partial charge in [-0.15, -0.1) is 3.89 Å². The number of hydrogen-bond acceptors (Lipinski definition) is 5. The lowest BCUT2D eigenvalue weighted by molar-refractivity contribution is 0.585. The van der Waals surface area contributed by atoms with Crippen molar-refractivity contribution >= 4 is 18.0 Å². The van der Waals surface area contributed by atoms with Gasteiger partial charge in [-0.1, -0.05) is 19.9 Å². The molecule has 0 radical (unpaired) electrons. The second-order valence-corrected chi connectivity index (χ2v) is 5.62. The van der Waals surface area contributed by atoms with Crippen LogP contribution in [0.2, 0.25) is 0 Å². The molecule has 6 nitrogen and oxygen atoms in total. The Hall–Kier alpha value is -3.25. The smallest absolute Gasteiger partial charge is 0.213 e. The van der Waals surface area contributed by atoms with E-state index < -0.39 is 5.95 Å². The maximum atomic E-state index is 13.5. The fourth-order valence-electron chi connectivity index (χ4n) is 2.55. The van der Waals surface area contributed by atoms with Crippen LogP contribution in [0.3, 0.4) is 0 Å². The molecule has 4 aromatic rings. The van der Waals surface area contributed by atoms with E-state index in [4.69, 9.17) is 5.26 Å². The van der Waals surface area contributed by atoms with Crippen molar-refractivity contribution in [3.63, 3.8) is 0 Å². The van der Waals surface area contributed by atoms with Gasteiger partial charge in [-0.2, -0.15) is 18.8 Å². The summed E-state index contributed by atoms with van der Waals surface area (Å²) in [4.78, 5) is 7.95. The van der Waals surface area contributed by atoms with Gasteiger partial charge in [-0.3, -0.25) is 4.40 Å². The quantitative estimate of drug-likeness (QED) is 0.480. The fourth-order valence-corrected chi connectivity index (χ4v) is 2.81. The summed E-state index contributed by atoms with van der Waals surface area (Å²) in [6.45, 7) is 4.00. The minimum atomic E-state index is -0.650. The zero-order valence-electron chi connectivity index (χ0n) is 14.5. The van der Waals surface area contributed by atoms with Crippen LogP contribution in [0.15, 0.2) is 48.9 Å². The molecule has 0 fully saturated rings. The van der Waals surface area contributed by atoms with Crippen molar-refractivity contribution < 1.29 is 8.28 Å². The van der Waals surface area contributed by atoms with Gasteiger partial charge in [0.1, 0.15) is 23.1 Å². The highest BCUT2D eigenvalue weighted by Crippen LogP contribution is 2.32. The predicted octanol–water partition coefficient (Wildman–Crippen LogP) is 4.68. The van der Waals surface area contributed by atoms with E-state index in [0.29, 0.717) is 28.2 Å². The third-order valence-electron chi connectivity index (χ3n) is 3.65. The van der Waals surface area contributed by atoms with Crippen LogP contribution in [-0.4, -0.2) is 23.6 Å². The molecule has 4 aromatic heterocycles. The van der Waals surface area contributed by atoms with Crippen molar-refractivity contribution in [2.24, 2.45) is 0 Å². The number of fused-ring (bicyclic) bond motifs is 1. The topological polar surface area (TPSA) is 71.8 Å². The molecule has 136 valence electrons. The Morgan fingerprint density at radius 2 is 1.96 bits per heavy atom. The number of hydrogen-bond donors (Lipinski definition) is 0. The summed E-state index contributed by atoms with van der Waals surface area (Å²) >= 11 is -0.0772. The normalized spacial score (nSPS) is 10.3. The number of nitriles is 1. The Labute approximate surface area is 158 Å². The molecule has 0 unspecified atom stereocenters. The zero-order valence-corrected chi connectivity index (χ0v) is 15.3. The van der Waals surface area contributed by atoms with Crippen LogP contribution in [0.25, 0.3) is 28.2 Å². The zero-order chi connectivity index (χ0) is 19.4. The highest BCUT2D eigenvalue weighted by Gasteiger charge is 2.16. The van der Waals surface area contributed by atoms with Crippen LogP contribution in [0.4, 0.5) is 8.28 Å². The highest BCUT2D eigenvalue weighted by molar-refractivity contribution is 7.92. The lowest BCUT2D eigenvalue weighted by Crippen LogP contribution is -1.92.